The highest BCUT2D eigenvalue weighted by Gasteiger charge is 2.09. The minimum absolute atomic E-state index is 0.132. The summed E-state index contributed by atoms with van der Waals surface area (Å²) in [6.07, 6.45) is 2.48. The largest absolute Gasteiger partial charge is 0.548 e. The first-order valence-corrected chi connectivity index (χ1v) is 12.5. The summed E-state index contributed by atoms with van der Waals surface area (Å²) in [5.41, 5.74) is 4.46. The summed E-state index contributed by atoms with van der Waals surface area (Å²) in [4.78, 5) is 34.2. The Balaban J connectivity index is 1.23. The summed E-state index contributed by atoms with van der Waals surface area (Å²) < 4.78 is 12.6. The van der Waals surface area contributed by atoms with Crippen molar-refractivity contribution in [3.05, 3.63) is 115 Å². The van der Waals surface area contributed by atoms with E-state index in [0.29, 0.717) is 12.3 Å². The average molecular weight is 541 g/mol. The van der Waals surface area contributed by atoms with Crippen LogP contribution < -0.4 is 30.4 Å². The molecule has 1 heterocycles. The fraction of sp³-hybridized carbons (Fsp3) is 0.133. The number of hydrogen-bond acceptors (Lipinski definition) is 6. The smallest absolute Gasteiger partial charge is 0.412 e. The molecule has 0 radical (unpaired) electrons. The van der Waals surface area contributed by atoms with Crippen LogP contribution in [0.1, 0.15) is 11.1 Å². The minimum atomic E-state index is -1.42. The Labute approximate surface area is 231 Å². The van der Waals surface area contributed by atoms with E-state index >= 15 is 0 Å². The van der Waals surface area contributed by atoms with Gasteiger partial charge < -0.3 is 35.3 Å². The van der Waals surface area contributed by atoms with Crippen LogP contribution in [-0.2, 0) is 29.4 Å². The van der Waals surface area contributed by atoms with Crippen molar-refractivity contribution >= 4 is 23.8 Å². The van der Waals surface area contributed by atoms with E-state index in [1.54, 1.807) is 41.2 Å². The van der Waals surface area contributed by atoms with E-state index in [4.69, 9.17) is 9.47 Å². The van der Waals surface area contributed by atoms with Crippen LogP contribution in [0.2, 0.25) is 0 Å². The number of benzene rings is 3. The van der Waals surface area contributed by atoms with Gasteiger partial charge in [0.05, 0.1) is 19.1 Å². The van der Waals surface area contributed by atoms with Gasteiger partial charge >= 0.3 is 12.1 Å². The second kappa shape index (κ2) is 14.0. The van der Waals surface area contributed by atoms with Crippen LogP contribution in [0.15, 0.2) is 103 Å². The van der Waals surface area contributed by atoms with Crippen LogP contribution in [0.5, 0.6) is 5.75 Å². The number of pyridine rings is 1. The molecule has 1 aromatic heterocycles. The van der Waals surface area contributed by atoms with Gasteiger partial charge in [0, 0.05) is 22.9 Å². The maximum atomic E-state index is 12.4. The number of urea groups is 1. The quantitative estimate of drug-likeness (QED) is 0.251. The molecule has 0 aliphatic heterocycles. The predicted octanol–water partition coefficient (Wildman–Crippen LogP) is 2.98. The monoisotopic (exact) mass is 540 g/mol. The van der Waals surface area contributed by atoms with E-state index in [9.17, 15) is 19.5 Å². The lowest BCUT2D eigenvalue weighted by Gasteiger charge is -2.12. The number of aliphatic carboxylic acids is 1. The number of carboxylic acid groups (broad SMARTS) is 1. The molecule has 0 saturated heterocycles. The number of nitrogens with zero attached hydrogens (tertiary/aromatic N) is 1. The number of amides is 3. The molecule has 0 aliphatic rings. The highest BCUT2D eigenvalue weighted by atomic mass is 16.6. The lowest BCUT2D eigenvalue weighted by Crippen LogP contribution is -2.41. The van der Waals surface area contributed by atoms with Crippen molar-refractivity contribution in [3.63, 3.8) is 0 Å². The Morgan fingerprint density at radius 2 is 1.55 bits per heavy atom. The molecule has 0 atom stereocenters. The molecule has 10 heteroatoms. The Morgan fingerprint density at radius 1 is 0.800 bits per heavy atom. The molecule has 3 aromatic carbocycles. The van der Waals surface area contributed by atoms with Crippen molar-refractivity contribution < 1.29 is 33.5 Å². The Morgan fingerprint density at radius 3 is 2.33 bits per heavy atom. The number of carbonyl (C=O) groups excluding carboxylic acids is 3. The van der Waals surface area contributed by atoms with E-state index < -0.39 is 18.6 Å². The number of carbonyl (C=O) groups is 3. The van der Waals surface area contributed by atoms with Gasteiger partial charge in [-0.25, -0.2) is 9.59 Å². The Hall–Kier alpha value is -5.38. The van der Waals surface area contributed by atoms with Crippen molar-refractivity contribution in [3.8, 4) is 16.9 Å². The summed E-state index contributed by atoms with van der Waals surface area (Å²) >= 11 is 0. The molecule has 3 amide bonds. The van der Waals surface area contributed by atoms with Gasteiger partial charge in [-0.05, 0) is 35.4 Å². The Bertz CT molecular complexity index is 1440. The number of ether oxygens (including phenoxy) is 2. The number of hydrogen-bond donors (Lipinski definition) is 3. The number of para-hydroxylation sites is 1. The normalized spacial score (nSPS) is 10.3. The molecule has 0 unspecified atom stereocenters. The first kappa shape index (κ1) is 27.6. The topological polar surface area (TPSA) is 133 Å². The zero-order valence-corrected chi connectivity index (χ0v) is 21.5. The van der Waals surface area contributed by atoms with Gasteiger partial charge in [-0.3, -0.25) is 0 Å². The molecule has 4 aromatic rings. The van der Waals surface area contributed by atoms with E-state index in [0.717, 1.165) is 28.0 Å². The third-order valence-corrected chi connectivity index (χ3v) is 5.67. The second-order valence-corrected chi connectivity index (χ2v) is 8.67. The minimum Gasteiger partial charge on any atom is -0.548 e. The zero-order valence-electron chi connectivity index (χ0n) is 21.5. The van der Waals surface area contributed by atoms with Gasteiger partial charge in [-0.15, -0.1) is 0 Å². The molecular weight excluding hydrogens is 512 g/mol. The highest BCUT2D eigenvalue weighted by Crippen LogP contribution is 2.30. The number of aromatic nitrogens is 1. The average Bonchev–Trinajstić information content (AvgIpc) is 2.98. The number of anilines is 1. The van der Waals surface area contributed by atoms with Crippen LogP contribution >= 0.6 is 0 Å². The van der Waals surface area contributed by atoms with Gasteiger partial charge in [0.25, 0.3) is 6.73 Å². The highest BCUT2D eigenvalue weighted by molar-refractivity contribution is 5.89. The fourth-order valence-electron chi connectivity index (χ4n) is 3.74. The Kier molecular flexibility index (Phi) is 9.65. The van der Waals surface area contributed by atoms with Gasteiger partial charge in [0.2, 0.25) is 0 Å². The van der Waals surface area contributed by atoms with Crippen LogP contribution in [0, 0.1) is 0 Å². The van der Waals surface area contributed by atoms with E-state index in [1.807, 2.05) is 72.0 Å². The van der Waals surface area contributed by atoms with Gasteiger partial charge in [0.1, 0.15) is 12.4 Å². The molecule has 3 N–H and O–H groups in total. The SMILES string of the molecule is O=C([O-])CNC(=O)OC[n+]1cccc(CNC(=O)Nc2ccc(COc3ccccc3-c3ccccc3)cc2)c1. The molecule has 0 fully saturated rings. The van der Waals surface area contributed by atoms with Crippen LogP contribution in [0.3, 0.4) is 0 Å². The van der Waals surface area contributed by atoms with E-state index in [-0.39, 0.29) is 19.3 Å². The zero-order chi connectivity index (χ0) is 28.2. The third-order valence-electron chi connectivity index (χ3n) is 5.67. The van der Waals surface area contributed by atoms with E-state index in [2.05, 4.69) is 10.6 Å². The number of nitrogens with one attached hydrogen (secondary N) is 3. The summed E-state index contributed by atoms with van der Waals surface area (Å²) in [6.45, 7) is -0.155. The summed E-state index contributed by atoms with van der Waals surface area (Å²) in [5.74, 6) is -0.621. The van der Waals surface area contributed by atoms with Crippen LogP contribution in [-0.4, -0.2) is 24.6 Å². The summed E-state index contributed by atoms with van der Waals surface area (Å²) in [6, 6.07) is 28.5. The summed E-state index contributed by atoms with van der Waals surface area (Å²) in [5, 5.41) is 18.0. The number of alkyl carbamates (subject to hydrolysis) is 1. The number of carboxylic acids is 1. The van der Waals surface area contributed by atoms with Crippen molar-refractivity contribution in [2.24, 2.45) is 0 Å². The molecular formula is C30H28N4O6. The predicted molar refractivity (Wildman–Crippen MR) is 145 cm³/mol. The molecule has 0 saturated carbocycles. The molecule has 0 spiro atoms. The van der Waals surface area contributed by atoms with E-state index in [1.165, 1.54) is 0 Å². The summed E-state index contributed by atoms with van der Waals surface area (Å²) in [7, 11) is 0. The fourth-order valence-corrected chi connectivity index (χ4v) is 3.74. The molecule has 10 nitrogen and oxygen atoms in total. The lowest BCUT2D eigenvalue weighted by molar-refractivity contribution is -0.727. The van der Waals surface area contributed by atoms with Gasteiger partial charge in [-0.2, -0.15) is 4.57 Å². The molecule has 0 bridgehead atoms. The maximum absolute atomic E-state index is 12.4. The lowest BCUT2D eigenvalue weighted by atomic mass is 10.0. The standard InChI is InChI=1S/C30H28N4O6/c35-28(36)18-32-30(38)40-21-34-16-6-7-23(19-34)17-31-29(37)33-25-14-12-22(13-15-25)20-39-27-11-5-4-10-26(27)24-8-2-1-3-9-24/h1-16,19H,17-18,20-21H2,(H3-,31,32,33,35,36,37,38). The van der Waals surface area contributed by atoms with Gasteiger partial charge in [-0.1, -0.05) is 60.7 Å². The van der Waals surface area contributed by atoms with Crippen molar-refractivity contribution in [2.75, 3.05) is 11.9 Å². The second-order valence-electron chi connectivity index (χ2n) is 8.67. The third kappa shape index (κ3) is 8.59. The van der Waals surface area contributed by atoms with Crippen LogP contribution in [0.25, 0.3) is 11.1 Å². The molecule has 40 heavy (non-hydrogen) atoms. The molecule has 0 aliphatic carbocycles. The molecule has 204 valence electrons. The molecule has 4 rings (SSSR count). The first-order valence-electron chi connectivity index (χ1n) is 12.5. The van der Waals surface area contributed by atoms with Crippen LogP contribution in [0.4, 0.5) is 15.3 Å². The van der Waals surface area contributed by atoms with Gasteiger partial charge in [0.15, 0.2) is 12.4 Å². The first-order chi connectivity index (χ1) is 19.5. The van der Waals surface area contributed by atoms with Crippen molar-refractivity contribution in [2.45, 2.75) is 19.9 Å². The number of rotatable bonds is 11. The van der Waals surface area contributed by atoms with Crippen molar-refractivity contribution in [1.29, 1.82) is 0 Å². The van der Waals surface area contributed by atoms with Crippen molar-refractivity contribution in [1.82, 2.24) is 10.6 Å². The maximum Gasteiger partial charge on any atom is 0.412 e.